The Morgan fingerprint density at radius 3 is 2.96 bits per heavy atom. The highest BCUT2D eigenvalue weighted by Crippen LogP contribution is 2.23. The first-order chi connectivity index (χ1) is 12.6. The van der Waals surface area contributed by atoms with Crippen LogP contribution >= 0.6 is 27.7 Å². The molecule has 0 saturated carbocycles. The van der Waals surface area contributed by atoms with Gasteiger partial charge in [-0.1, -0.05) is 45.9 Å². The average Bonchev–Trinajstić information content (AvgIpc) is 3.00. The van der Waals surface area contributed by atoms with Crippen LogP contribution in [0.4, 0.5) is 0 Å². The lowest BCUT2D eigenvalue weighted by Gasteiger charge is -2.05. The maximum absolute atomic E-state index is 12.1. The Morgan fingerprint density at radius 1 is 1.35 bits per heavy atom. The van der Waals surface area contributed by atoms with E-state index in [2.05, 4.69) is 42.9 Å². The summed E-state index contributed by atoms with van der Waals surface area (Å²) in [6.45, 7) is 4.88. The molecule has 0 aliphatic rings. The van der Waals surface area contributed by atoms with Gasteiger partial charge in [-0.2, -0.15) is 5.10 Å². The Morgan fingerprint density at radius 2 is 2.15 bits per heavy atom. The molecule has 0 spiro atoms. The second-order valence-electron chi connectivity index (χ2n) is 5.71. The molecule has 1 N–H and O–H groups in total. The van der Waals surface area contributed by atoms with Crippen LogP contribution in [0.1, 0.15) is 18.1 Å². The van der Waals surface area contributed by atoms with E-state index in [0.717, 1.165) is 38.3 Å². The highest BCUT2D eigenvalue weighted by Gasteiger charge is 2.11. The van der Waals surface area contributed by atoms with E-state index in [4.69, 9.17) is 0 Å². The molecule has 7 heteroatoms. The standard InChI is InChI=1S/C19H19BrN4OS/c1-3-24-17-7-5-4-6-16(17)22-19(24)26-12-18(25)23-21-11-14-10-15(20)9-8-13(14)2/h4-11H,3,12H2,1-2H3,(H,23,25)/b21-11+. The van der Waals surface area contributed by atoms with Gasteiger partial charge in [-0.15, -0.1) is 0 Å². The summed E-state index contributed by atoms with van der Waals surface area (Å²) in [5, 5.41) is 4.90. The van der Waals surface area contributed by atoms with Crippen LogP contribution in [0.25, 0.3) is 11.0 Å². The van der Waals surface area contributed by atoms with Gasteiger partial charge >= 0.3 is 0 Å². The minimum Gasteiger partial charge on any atom is -0.319 e. The lowest BCUT2D eigenvalue weighted by Crippen LogP contribution is -2.20. The fourth-order valence-electron chi connectivity index (χ4n) is 2.56. The number of fused-ring (bicyclic) bond motifs is 1. The number of hydrogen-bond donors (Lipinski definition) is 1. The number of benzene rings is 2. The summed E-state index contributed by atoms with van der Waals surface area (Å²) in [4.78, 5) is 16.7. The third kappa shape index (κ3) is 4.34. The van der Waals surface area contributed by atoms with Crippen LogP contribution in [0.15, 0.2) is 57.2 Å². The summed E-state index contributed by atoms with van der Waals surface area (Å²) >= 11 is 4.85. The van der Waals surface area contributed by atoms with Gasteiger partial charge in [0.05, 0.1) is 23.0 Å². The number of hydrogen-bond acceptors (Lipinski definition) is 4. The molecule has 26 heavy (non-hydrogen) atoms. The third-order valence-corrected chi connectivity index (χ3v) is 5.37. The molecule has 0 aliphatic carbocycles. The average molecular weight is 431 g/mol. The summed E-state index contributed by atoms with van der Waals surface area (Å²) in [5.41, 5.74) is 6.66. The number of nitrogens with one attached hydrogen (secondary N) is 1. The second kappa shape index (κ2) is 8.51. The molecule has 0 unspecified atom stereocenters. The highest BCUT2D eigenvalue weighted by molar-refractivity contribution is 9.10. The Balaban J connectivity index is 1.61. The second-order valence-corrected chi connectivity index (χ2v) is 7.57. The third-order valence-electron chi connectivity index (χ3n) is 3.90. The molecule has 3 rings (SSSR count). The molecule has 0 atom stereocenters. The number of amides is 1. The van der Waals surface area contributed by atoms with Gasteiger partial charge in [0.25, 0.3) is 5.91 Å². The fourth-order valence-corrected chi connectivity index (χ4v) is 3.81. The normalized spacial score (nSPS) is 11.3. The summed E-state index contributed by atoms with van der Waals surface area (Å²) < 4.78 is 3.09. The van der Waals surface area contributed by atoms with Gasteiger partial charge in [0.15, 0.2) is 5.16 Å². The molecule has 1 aromatic heterocycles. The van der Waals surface area contributed by atoms with Crippen LogP contribution in [-0.4, -0.2) is 27.4 Å². The van der Waals surface area contributed by atoms with Crippen LogP contribution in [0.5, 0.6) is 0 Å². The lowest BCUT2D eigenvalue weighted by molar-refractivity contribution is -0.118. The SMILES string of the molecule is CCn1c(SCC(=O)N/N=C/c2cc(Br)ccc2C)nc2ccccc21. The van der Waals surface area contributed by atoms with Crippen LogP contribution in [0.3, 0.4) is 0 Å². The first-order valence-electron chi connectivity index (χ1n) is 8.24. The Kier molecular flexibility index (Phi) is 6.11. The van der Waals surface area contributed by atoms with Crippen LogP contribution < -0.4 is 5.43 Å². The number of imidazole rings is 1. The number of hydrazone groups is 1. The van der Waals surface area contributed by atoms with Crippen LogP contribution in [0, 0.1) is 6.92 Å². The molecule has 0 saturated heterocycles. The number of halogens is 1. The molecule has 3 aromatic rings. The number of aryl methyl sites for hydroxylation is 2. The maximum atomic E-state index is 12.1. The van der Waals surface area contributed by atoms with E-state index in [1.165, 1.54) is 11.8 Å². The van der Waals surface area contributed by atoms with Crippen molar-refractivity contribution >= 4 is 50.8 Å². The molecular weight excluding hydrogens is 412 g/mol. The van der Waals surface area contributed by atoms with E-state index >= 15 is 0 Å². The zero-order valence-electron chi connectivity index (χ0n) is 14.6. The predicted octanol–water partition coefficient (Wildman–Crippen LogP) is 4.37. The monoisotopic (exact) mass is 430 g/mol. The molecule has 1 amide bonds. The molecule has 1 heterocycles. The van der Waals surface area contributed by atoms with Crippen LogP contribution in [-0.2, 0) is 11.3 Å². The molecular formula is C19H19BrN4OS. The molecule has 0 radical (unpaired) electrons. The zero-order valence-corrected chi connectivity index (χ0v) is 17.0. The van der Waals surface area contributed by atoms with Crippen molar-refractivity contribution in [2.24, 2.45) is 5.10 Å². The number of rotatable bonds is 6. The van der Waals surface area contributed by atoms with Gasteiger partial charge in [-0.05, 0) is 49.2 Å². The van der Waals surface area contributed by atoms with Crippen molar-refractivity contribution in [2.75, 3.05) is 5.75 Å². The van der Waals surface area contributed by atoms with E-state index in [0.29, 0.717) is 0 Å². The van der Waals surface area contributed by atoms with Gasteiger partial charge in [-0.3, -0.25) is 4.79 Å². The van der Waals surface area contributed by atoms with E-state index < -0.39 is 0 Å². The first-order valence-corrected chi connectivity index (χ1v) is 10.0. The number of nitrogens with zero attached hydrogens (tertiary/aromatic N) is 3. The highest BCUT2D eigenvalue weighted by atomic mass is 79.9. The summed E-state index contributed by atoms with van der Waals surface area (Å²) in [7, 11) is 0. The smallest absolute Gasteiger partial charge is 0.250 e. The number of carbonyl (C=O) groups excluding carboxylic acids is 1. The molecule has 134 valence electrons. The van der Waals surface area contributed by atoms with E-state index in [-0.39, 0.29) is 11.7 Å². The molecule has 2 aromatic carbocycles. The molecule has 0 bridgehead atoms. The van der Waals surface area contributed by atoms with E-state index in [9.17, 15) is 4.79 Å². The van der Waals surface area contributed by atoms with Crippen molar-refractivity contribution in [3.8, 4) is 0 Å². The maximum Gasteiger partial charge on any atom is 0.250 e. The van der Waals surface area contributed by atoms with Crippen molar-refractivity contribution < 1.29 is 4.79 Å². The van der Waals surface area contributed by atoms with Crippen molar-refractivity contribution in [1.29, 1.82) is 0 Å². The van der Waals surface area contributed by atoms with Gasteiger partial charge in [0, 0.05) is 11.0 Å². The van der Waals surface area contributed by atoms with Gasteiger partial charge in [0.1, 0.15) is 0 Å². The minimum absolute atomic E-state index is 0.159. The fraction of sp³-hybridized carbons (Fsp3) is 0.211. The van der Waals surface area contributed by atoms with Crippen molar-refractivity contribution in [1.82, 2.24) is 15.0 Å². The van der Waals surface area contributed by atoms with Crippen molar-refractivity contribution in [2.45, 2.75) is 25.5 Å². The predicted molar refractivity (Wildman–Crippen MR) is 111 cm³/mol. The van der Waals surface area contributed by atoms with Gasteiger partial charge < -0.3 is 4.57 Å². The number of aromatic nitrogens is 2. The van der Waals surface area contributed by atoms with E-state index in [1.54, 1.807) is 6.21 Å². The summed E-state index contributed by atoms with van der Waals surface area (Å²) in [5.74, 6) is 0.103. The topological polar surface area (TPSA) is 59.3 Å². The minimum atomic E-state index is -0.159. The van der Waals surface area contributed by atoms with Crippen molar-refractivity contribution in [3.63, 3.8) is 0 Å². The number of carbonyl (C=O) groups is 1. The molecule has 0 aliphatic heterocycles. The Labute approximate surface area is 165 Å². The largest absolute Gasteiger partial charge is 0.319 e. The summed E-state index contributed by atoms with van der Waals surface area (Å²) in [6, 6.07) is 13.9. The number of thioether (sulfide) groups is 1. The Bertz CT molecular complexity index is 967. The number of para-hydroxylation sites is 2. The Hall–Kier alpha value is -2.12. The van der Waals surface area contributed by atoms with E-state index in [1.807, 2.05) is 49.4 Å². The zero-order chi connectivity index (χ0) is 18.5. The van der Waals surface area contributed by atoms with Crippen molar-refractivity contribution in [3.05, 3.63) is 58.1 Å². The van der Waals surface area contributed by atoms with Crippen LogP contribution in [0.2, 0.25) is 0 Å². The molecule has 0 fully saturated rings. The first kappa shape index (κ1) is 18.7. The molecule has 5 nitrogen and oxygen atoms in total. The summed E-state index contributed by atoms with van der Waals surface area (Å²) in [6.07, 6.45) is 1.66. The lowest BCUT2D eigenvalue weighted by atomic mass is 10.1. The van der Waals surface area contributed by atoms with Gasteiger partial charge in [0.2, 0.25) is 0 Å². The van der Waals surface area contributed by atoms with Gasteiger partial charge in [-0.25, -0.2) is 10.4 Å². The quantitative estimate of drug-likeness (QED) is 0.358.